The SMILES string of the molecule is CC(=O)Cn1cc(C2(O)CC3CC(c4ncn(C)c4C(=O)Nc4ccc(F)c(Cl)c4)CC3C2)c(C(F)F)n1. The molecular formula is C26H27ClF3N5O3. The van der Waals surface area contributed by atoms with Crippen molar-refractivity contribution >= 4 is 29.0 Å². The number of benzene rings is 1. The second-order valence-corrected chi connectivity index (χ2v) is 10.8. The smallest absolute Gasteiger partial charge is 0.282 e. The summed E-state index contributed by atoms with van der Waals surface area (Å²) < 4.78 is 43.8. The van der Waals surface area contributed by atoms with Gasteiger partial charge in [-0.15, -0.1) is 0 Å². The first-order valence-corrected chi connectivity index (χ1v) is 12.7. The number of alkyl halides is 2. The Bertz CT molecular complexity index is 1390. The molecule has 0 aliphatic heterocycles. The van der Waals surface area contributed by atoms with Crippen molar-refractivity contribution in [1.82, 2.24) is 19.3 Å². The molecule has 12 heteroatoms. The van der Waals surface area contributed by atoms with Crippen molar-refractivity contribution in [2.24, 2.45) is 18.9 Å². The van der Waals surface area contributed by atoms with E-state index in [0.29, 0.717) is 29.9 Å². The summed E-state index contributed by atoms with van der Waals surface area (Å²) in [6, 6.07) is 3.92. The number of hydrogen-bond donors (Lipinski definition) is 2. The highest BCUT2D eigenvalue weighted by molar-refractivity contribution is 6.31. The van der Waals surface area contributed by atoms with Crippen LogP contribution in [0.3, 0.4) is 0 Å². The minimum Gasteiger partial charge on any atom is -0.385 e. The average Bonchev–Trinajstić information content (AvgIpc) is 3.57. The number of imidazole rings is 1. The molecule has 202 valence electrons. The van der Waals surface area contributed by atoms with E-state index < -0.39 is 29.4 Å². The molecule has 0 bridgehead atoms. The fourth-order valence-electron chi connectivity index (χ4n) is 6.16. The number of aliphatic hydroxyl groups is 1. The molecule has 2 aromatic heterocycles. The summed E-state index contributed by atoms with van der Waals surface area (Å²) in [6.07, 6.45) is 1.89. The van der Waals surface area contributed by atoms with Crippen LogP contribution in [0.5, 0.6) is 0 Å². The molecule has 2 N–H and O–H groups in total. The summed E-state index contributed by atoms with van der Waals surface area (Å²) in [5, 5.41) is 18.0. The van der Waals surface area contributed by atoms with E-state index in [2.05, 4.69) is 15.4 Å². The number of halogens is 4. The summed E-state index contributed by atoms with van der Waals surface area (Å²) in [6.45, 7) is 1.21. The number of fused-ring (bicyclic) bond motifs is 1. The minimum absolute atomic E-state index is 0.0421. The molecule has 1 aromatic carbocycles. The number of anilines is 1. The number of carbonyl (C=O) groups excluding carboxylic acids is 2. The lowest BCUT2D eigenvalue weighted by molar-refractivity contribution is -0.117. The van der Waals surface area contributed by atoms with Crippen molar-refractivity contribution < 1.29 is 27.9 Å². The number of hydrogen-bond acceptors (Lipinski definition) is 5. The number of amides is 1. The van der Waals surface area contributed by atoms with Crippen molar-refractivity contribution in [2.45, 2.75) is 57.1 Å². The highest BCUT2D eigenvalue weighted by atomic mass is 35.5. The van der Waals surface area contributed by atoms with Gasteiger partial charge in [-0.1, -0.05) is 11.6 Å². The van der Waals surface area contributed by atoms with Crippen molar-refractivity contribution in [1.29, 1.82) is 0 Å². The molecule has 0 spiro atoms. The first kappa shape index (κ1) is 26.4. The molecule has 2 atom stereocenters. The Labute approximate surface area is 221 Å². The molecule has 2 saturated carbocycles. The molecule has 2 aliphatic carbocycles. The molecule has 2 fully saturated rings. The molecule has 1 amide bonds. The molecule has 2 aliphatic rings. The lowest BCUT2D eigenvalue weighted by Crippen LogP contribution is -2.24. The van der Waals surface area contributed by atoms with E-state index in [0.717, 1.165) is 0 Å². The van der Waals surface area contributed by atoms with Crippen molar-refractivity contribution in [2.75, 3.05) is 5.32 Å². The fraction of sp³-hybridized carbons (Fsp3) is 0.462. The Hall–Kier alpha value is -3.18. The third-order valence-corrected chi connectivity index (χ3v) is 7.96. The number of Topliss-reactive ketones (excluding diaryl/α,β-unsaturated/α-hetero) is 1. The van der Waals surface area contributed by atoms with Gasteiger partial charge in [0.1, 0.15) is 17.2 Å². The number of rotatable bonds is 7. The number of ketones is 1. The molecule has 2 unspecified atom stereocenters. The van der Waals surface area contributed by atoms with Crippen LogP contribution in [0.25, 0.3) is 0 Å². The van der Waals surface area contributed by atoms with Crippen LogP contribution >= 0.6 is 11.6 Å². The van der Waals surface area contributed by atoms with Crippen LogP contribution < -0.4 is 5.32 Å². The van der Waals surface area contributed by atoms with Gasteiger partial charge >= 0.3 is 0 Å². The number of aromatic nitrogens is 4. The Morgan fingerprint density at radius 2 is 1.95 bits per heavy atom. The number of nitrogens with one attached hydrogen (secondary N) is 1. The van der Waals surface area contributed by atoms with E-state index in [1.807, 2.05) is 0 Å². The van der Waals surface area contributed by atoms with Gasteiger partial charge < -0.3 is 15.0 Å². The Balaban J connectivity index is 1.33. The van der Waals surface area contributed by atoms with Crippen LogP contribution in [-0.2, 0) is 24.0 Å². The third kappa shape index (κ3) is 4.84. The van der Waals surface area contributed by atoms with Gasteiger partial charge in [-0.05, 0) is 62.6 Å². The lowest BCUT2D eigenvalue weighted by Gasteiger charge is -2.25. The lowest BCUT2D eigenvalue weighted by atomic mass is 9.87. The fourth-order valence-corrected chi connectivity index (χ4v) is 6.34. The molecular weight excluding hydrogens is 523 g/mol. The normalized spacial score (nSPS) is 24.7. The maximum absolute atomic E-state index is 13.7. The second kappa shape index (κ2) is 9.85. The zero-order valence-electron chi connectivity index (χ0n) is 20.8. The summed E-state index contributed by atoms with van der Waals surface area (Å²) >= 11 is 5.83. The largest absolute Gasteiger partial charge is 0.385 e. The zero-order valence-corrected chi connectivity index (χ0v) is 21.6. The molecule has 38 heavy (non-hydrogen) atoms. The maximum atomic E-state index is 13.7. The molecule has 0 saturated heterocycles. The summed E-state index contributed by atoms with van der Waals surface area (Å²) in [5.41, 5.74) is -0.532. The molecule has 2 heterocycles. The predicted molar refractivity (Wildman–Crippen MR) is 133 cm³/mol. The van der Waals surface area contributed by atoms with E-state index in [9.17, 15) is 27.9 Å². The van der Waals surface area contributed by atoms with Gasteiger partial charge in [0.25, 0.3) is 12.3 Å². The quantitative estimate of drug-likeness (QED) is 0.433. The van der Waals surface area contributed by atoms with E-state index in [4.69, 9.17) is 11.6 Å². The van der Waals surface area contributed by atoms with Gasteiger partial charge in [0, 0.05) is 30.4 Å². The molecule has 5 rings (SSSR count). The van der Waals surface area contributed by atoms with E-state index in [1.165, 1.54) is 36.0 Å². The van der Waals surface area contributed by atoms with Gasteiger partial charge in [-0.3, -0.25) is 14.3 Å². The van der Waals surface area contributed by atoms with Crippen LogP contribution in [0.1, 0.15) is 72.4 Å². The second-order valence-electron chi connectivity index (χ2n) is 10.4. The highest BCUT2D eigenvalue weighted by Gasteiger charge is 2.52. The minimum atomic E-state index is -2.87. The van der Waals surface area contributed by atoms with Crippen molar-refractivity contribution in [3.05, 3.63) is 64.2 Å². The number of carbonyl (C=O) groups is 2. The standard InChI is InChI=1S/C26H27ClF3N5O3/c1-13(36)10-35-11-18(22(33-35)24(29)30)26(38)8-15-5-14(6-16(15)9-26)21-23(34(2)12-31-21)25(37)32-17-3-4-20(28)19(27)7-17/h3-4,7,11-12,14-16,24,38H,5-6,8-10H2,1-2H3,(H,32,37). The van der Waals surface area contributed by atoms with Gasteiger partial charge in [0.2, 0.25) is 0 Å². The number of nitrogens with zero attached hydrogens (tertiary/aromatic N) is 4. The Kier molecular flexibility index (Phi) is 6.85. The highest BCUT2D eigenvalue weighted by Crippen LogP contribution is 2.57. The predicted octanol–water partition coefficient (Wildman–Crippen LogP) is 4.98. The molecule has 8 nitrogen and oxygen atoms in total. The Morgan fingerprint density at radius 3 is 2.55 bits per heavy atom. The number of aryl methyl sites for hydroxylation is 1. The van der Waals surface area contributed by atoms with Crippen LogP contribution in [0.15, 0.2) is 30.7 Å². The van der Waals surface area contributed by atoms with Gasteiger partial charge in [0.15, 0.2) is 5.78 Å². The van der Waals surface area contributed by atoms with Gasteiger partial charge in [-0.2, -0.15) is 5.10 Å². The summed E-state index contributed by atoms with van der Waals surface area (Å²) in [7, 11) is 1.71. The Morgan fingerprint density at radius 1 is 1.26 bits per heavy atom. The van der Waals surface area contributed by atoms with Crippen LogP contribution in [0.2, 0.25) is 5.02 Å². The monoisotopic (exact) mass is 549 g/mol. The maximum Gasteiger partial charge on any atom is 0.282 e. The first-order valence-electron chi connectivity index (χ1n) is 12.3. The van der Waals surface area contributed by atoms with Crippen LogP contribution in [0.4, 0.5) is 18.9 Å². The van der Waals surface area contributed by atoms with E-state index >= 15 is 0 Å². The van der Waals surface area contributed by atoms with Gasteiger partial charge in [0.05, 0.1) is 29.2 Å². The van der Waals surface area contributed by atoms with Crippen LogP contribution in [-0.4, -0.2) is 36.1 Å². The average molecular weight is 550 g/mol. The molecule has 3 aromatic rings. The van der Waals surface area contributed by atoms with Crippen molar-refractivity contribution in [3.8, 4) is 0 Å². The van der Waals surface area contributed by atoms with Gasteiger partial charge in [-0.25, -0.2) is 18.2 Å². The zero-order chi connectivity index (χ0) is 27.4. The third-order valence-electron chi connectivity index (χ3n) is 7.67. The van der Waals surface area contributed by atoms with E-state index in [1.54, 1.807) is 17.9 Å². The van der Waals surface area contributed by atoms with Crippen LogP contribution in [0, 0.1) is 17.7 Å². The topological polar surface area (TPSA) is 102 Å². The van der Waals surface area contributed by atoms with E-state index in [-0.39, 0.29) is 53.5 Å². The summed E-state index contributed by atoms with van der Waals surface area (Å²) in [5.74, 6) is -1.19. The molecule has 0 radical (unpaired) electrons. The van der Waals surface area contributed by atoms with Crippen molar-refractivity contribution in [3.63, 3.8) is 0 Å². The first-order chi connectivity index (χ1) is 17.9. The summed E-state index contributed by atoms with van der Waals surface area (Å²) in [4.78, 5) is 29.1.